The number of nitrogens with zero attached hydrogens (tertiary/aromatic N) is 4. The van der Waals surface area contributed by atoms with Gasteiger partial charge < -0.3 is 14.3 Å². The minimum atomic E-state index is -1.36. The summed E-state index contributed by atoms with van der Waals surface area (Å²) < 4.78 is 11.8. The van der Waals surface area contributed by atoms with E-state index in [1.807, 2.05) is 24.3 Å². The molecular weight excluding hydrogens is 432 g/mol. The van der Waals surface area contributed by atoms with Crippen LogP contribution in [0.5, 0.6) is 0 Å². The lowest BCUT2D eigenvalue weighted by molar-refractivity contribution is -0.213. The molecule has 2 fully saturated rings. The maximum atomic E-state index is 13.1. The van der Waals surface area contributed by atoms with Gasteiger partial charge in [0.05, 0.1) is 11.1 Å². The molecule has 34 heavy (non-hydrogen) atoms. The fraction of sp³-hybridized carbons (Fsp3) is 0.538. The maximum Gasteiger partial charge on any atom is 0.338 e. The van der Waals surface area contributed by atoms with Crippen molar-refractivity contribution in [3.8, 4) is 0 Å². The minimum Gasteiger partial charge on any atom is -0.479 e. The standard InChI is InChI=1S/C26H32N4O4/c1-4-11-25(21-10-13-27-22-9-6-5-8-20(21)22)26(33-3,24(31)32)12-7-14-30(25)19-15-18(16-19)23-29-28-17(2)34-23/h5-6,8-10,13,18-19H,4,7,11-12,14-16H2,1-3H3,(H,31,32). The third kappa shape index (κ3) is 3.26. The van der Waals surface area contributed by atoms with Crippen LogP contribution in [0.2, 0.25) is 0 Å². The van der Waals surface area contributed by atoms with Crippen LogP contribution in [-0.2, 0) is 15.1 Å². The molecule has 8 nitrogen and oxygen atoms in total. The van der Waals surface area contributed by atoms with Gasteiger partial charge in [0.15, 0.2) is 5.60 Å². The SMILES string of the molecule is CCCC1(c2ccnc3ccccc23)N(C2CC(c3nnc(C)o3)C2)CCCC1(OC)C(=O)O. The third-order valence-corrected chi connectivity index (χ3v) is 7.93. The summed E-state index contributed by atoms with van der Waals surface area (Å²) in [6.07, 6.45) is 6.23. The van der Waals surface area contributed by atoms with Gasteiger partial charge in [0.1, 0.15) is 0 Å². The van der Waals surface area contributed by atoms with E-state index in [-0.39, 0.29) is 12.0 Å². The molecule has 0 bridgehead atoms. The van der Waals surface area contributed by atoms with Crippen molar-refractivity contribution >= 4 is 16.9 Å². The Labute approximate surface area is 199 Å². The number of likely N-dealkylation sites (tertiary alicyclic amines) is 1. The summed E-state index contributed by atoms with van der Waals surface area (Å²) in [5.74, 6) is 0.544. The number of carbonyl (C=O) groups is 1. The summed E-state index contributed by atoms with van der Waals surface area (Å²) in [4.78, 5) is 20.1. The zero-order valence-corrected chi connectivity index (χ0v) is 20.0. The van der Waals surface area contributed by atoms with E-state index in [1.54, 1.807) is 20.2 Å². The molecule has 2 aromatic heterocycles. The highest BCUT2D eigenvalue weighted by Crippen LogP contribution is 2.55. The largest absolute Gasteiger partial charge is 0.479 e. The van der Waals surface area contributed by atoms with Gasteiger partial charge in [0.25, 0.3) is 0 Å². The first-order valence-electron chi connectivity index (χ1n) is 12.2. The Kier molecular flexibility index (Phi) is 5.90. The first-order chi connectivity index (χ1) is 16.5. The van der Waals surface area contributed by atoms with E-state index in [0.717, 1.165) is 48.7 Å². The number of aryl methyl sites for hydroxylation is 1. The van der Waals surface area contributed by atoms with E-state index < -0.39 is 17.1 Å². The first kappa shape index (κ1) is 22.9. The second-order valence-electron chi connectivity index (χ2n) is 9.60. The smallest absolute Gasteiger partial charge is 0.338 e. The molecular formula is C26H32N4O4. The van der Waals surface area contributed by atoms with Crippen LogP contribution in [0.3, 0.4) is 0 Å². The van der Waals surface area contributed by atoms with Gasteiger partial charge in [0.2, 0.25) is 11.8 Å². The van der Waals surface area contributed by atoms with Gasteiger partial charge in [-0.1, -0.05) is 31.5 Å². The molecule has 3 aromatic rings. The van der Waals surface area contributed by atoms with E-state index >= 15 is 0 Å². The maximum absolute atomic E-state index is 13.1. The molecule has 0 spiro atoms. The molecule has 3 heterocycles. The van der Waals surface area contributed by atoms with Crippen molar-refractivity contribution in [1.82, 2.24) is 20.1 Å². The van der Waals surface area contributed by atoms with Crippen molar-refractivity contribution in [1.29, 1.82) is 0 Å². The third-order valence-electron chi connectivity index (χ3n) is 7.93. The van der Waals surface area contributed by atoms with E-state index in [9.17, 15) is 9.90 Å². The normalized spacial score (nSPS) is 29.7. The molecule has 1 saturated carbocycles. The molecule has 1 N–H and O–H groups in total. The van der Waals surface area contributed by atoms with Crippen LogP contribution >= 0.6 is 0 Å². The van der Waals surface area contributed by atoms with Crippen molar-refractivity contribution < 1.29 is 19.1 Å². The number of carboxylic acids is 1. The lowest BCUT2D eigenvalue weighted by atomic mass is 9.63. The summed E-state index contributed by atoms with van der Waals surface area (Å²) >= 11 is 0. The van der Waals surface area contributed by atoms with Gasteiger partial charge >= 0.3 is 5.97 Å². The van der Waals surface area contributed by atoms with Crippen LogP contribution in [-0.4, -0.2) is 56.5 Å². The fourth-order valence-electron chi connectivity index (χ4n) is 6.46. The molecule has 1 aliphatic heterocycles. The number of para-hydroxylation sites is 1. The predicted octanol–water partition coefficient (Wildman–Crippen LogP) is 4.43. The van der Waals surface area contributed by atoms with E-state index in [4.69, 9.17) is 9.15 Å². The molecule has 1 saturated heterocycles. The van der Waals surface area contributed by atoms with E-state index in [0.29, 0.717) is 24.6 Å². The Morgan fingerprint density at radius 1 is 1.26 bits per heavy atom. The Morgan fingerprint density at radius 2 is 2.06 bits per heavy atom. The number of pyridine rings is 1. The van der Waals surface area contributed by atoms with Crippen molar-refractivity contribution in [2.45, 2.75) is 75.5 Å². The number of piperidine rings is 1. The molecule has 180 valence electrons. The van der Waals surface area contributed by atoms with Crippen LogP contribution in [0.4, 0.5) is 0 Å². The number of benzene rings is 1. The molecule has 1 aromatic carbocycles. The Hall–Kier alpha value is -2.84. The quantitative estimate of drug-likeness (QED) is 0.548. The van der Waals surface area contributed by atoms with Gasteiger partial charge in [-0.05, 0) is 56.3 Å². The van der Waals surface area contributed by atoms with Gasteiger partial charge in [-0.15, -0.1) is 10.2 Å². The van der Waals surface area contributed by atoms with E-state index in [2.05, 4.69) is 33.1 Å². The zero-order valence-electron chi connectivity index (χ0n) is 20.0. The lowest BCUT2D eigenvalue weighted by Gasteiger charge is -2.61. The number of aliphatic carboxylic acids is 1. The summed E-state index contributed by atoms with van der Waals surface area (Å²) in [6, 6.07) is 10.2. The highest BCUT2D eigenvalue weighted by atomic mass is 16.5. The molecule has 0 radical (unpaired) electrons. The summed E-state index contributed by atoms with van der Waals surface area (Å²) in [5.41, 5.74) is -0.341. The van der Waals surface area contributed by atoms with Gasteiger partial charge in [-0.25, -0.2) is 4.79 Å². The number of hydrogen-bond acceptors (Lipinski definition) is 7. The second kappa shape index (κ2) is 8.74. The summed E-state index contributed by atoms with van der Waals surface area (Å²) in [7, 11) is 1.55. The predicted molar refractivity (Wildman–Crippen MR) is 126 cm³/mol. The van der Waals surface area contributed by atoms with Crippen molar-refractivity contribution in [2.24, 2.45) is 0 Å². The average Bonchev–Trinajstić information content (AvgIpc) is 3.24. The number of rotatable bonds is 7. The number of hydrogen-bond donors (Lipinski definition) is 1. The first-order valence-corrected chi connectivity index (χ1v) is 12.2. The van der Waals surface area contributed by atoms with Gasteiger partial charge in [-0.2, -0.15) is 0 Å². The molecule has 8 heteroatoms. The van der Waals surface area contributed by atoms with Crippen LogP contribution in [0, 0.1) is 6.92 Å². The van der Waals surface area contributed by atoms with Crippen molar-refractivity contribution in [3.63, 3.8) is 0 Å². The van der Waals surface area contributed by atoms with Gasteiger partial charge in [-0.3, -0.25) is 9.88 Å². The lowest BCUT2D eigenvalue weighted by Crippen LogP contribution is -2.72. The Morgan fingerprint density at radius 3 is 2.74 bits per heavy atom. The Bertz CT molecular complexity index is 1190. The number of fused-ring (bicyclic) bond motifs is 1. The minimum absolute atomic E-state index is 0.198. The average molecular weight is 465 g/mol. The zero-order chi connectivity index (χ0) is 23.9. The van der Waals surface area contributed by atoms with Gasteiger partial charge in [0, 0.05) is 37.6 Å². The molecule has 1 aliphatic carbocycles. The second-order valence-corrected chi connectivity index (χ2v) is 9.60. The molecule has 5 rings (SSSR count). The molecule has 0 amide bonds. The Balaban J connectivity index is 1.66. The van der Waals surface area contributed by atoms with Crippen molar-refractivity contribution in [2.75, 3.05) is 13.7 Å². The van der Waals surface area contributed by atoms with Crippen molar-refractivity contribution in [3.05, 3.63) is 53.9 Å². The van der Waals surface area contributed by atoms with Crippen LogP contribution < -0.4 is 0 Å². The molecule has 2 atom stereocenters. The fourth-order valence-corrected chi connectivity index (χ4v) is 6.46. The topological polar surface area (TPSA) is 102 Å². The molecule has 2 unspecified atom stereocenters. The molecule has 2 aliphatic rings. The van der Waals surface area contributed by atoms with Crippen LogP contribution in [0.1, 0.15) is 68.7 Å². The highest BCUT2D eigenvalue weighted by molar-refractivity contribution is 5.87. The van der Waals surface area contributed by atoms with E-state index in [1.165, 1.54) is 0 Å². The number of aromatic nitrogens is 3. The number of ether oxygens (including phenoxy) is 1. The van der Waals surface area contributed by atoms with Crippen LogP contribution in [0.25, 0.3) is 10.9 Å². The monoisotopic (exact) mass is 464 g/mol. The number of methoxy groups -OCH3 is 1. The summed E-state index contributed by atoms with van der Waals surface area (Å²) in [6.45, 7) is 4.73. The highest BCUT2D eigenvalue weighted by Gasteiger charge is 2.65. The summed E-state index contributed by atoms with van der Waals surface area (Å²) in [5, 5.41) is 19.9. The van der Waals surface area contributed by atoms with Crippen LogP contribution in [0.15, 0.2) is 40.9 Å². The number of carboxylic acid groups (broad SMARTS) is 1.